The maximum atomic E-state index is 15.7. The molecule has 0 unspecified atom stereocenters. The summed E-state index contributed by atoms with van der Waals surface area (Å²) in [6, 6.07) is 6.14. The summed E-state index contributed by atoms with van der Waals surface area (Å²) in [4.78, 5) is 16.8. The first-order chi connectivity index (χ1) is 18.9. The fourth-order valence-corrected chi connectivity index (χ4v) is 6.23. The zero-order valence-electron chi connectivity index (χ0n) is 22.1. The van der Waals surface area contributed by atoms with Gasteiger partial charge in [-0.15, -0.1) is 0 Å². The quantitative estimate of drug-likeness (QED) is 0.319. The number of halogens is 6. The van der Waals surface area contributed by atoms with E-state index in [1.807, 2.05) is 4.90 Å². The van der Waals surface area contributed by atoms with Crippen LogP contribution in [0.2, 0.25) is 5.02 Å². The van der Waals surface area contributed by atoms with E-state index in [9.17, 15) is 18.0 Å². The Morgan fingerprint density at radius 2 is 1.75 bits per heavy atom. The Hall–Kier alpha value is -2.39. The van der Waals surface area contributed by atoms with Crippen LogP contribution in [-0.4, -0.2) is 54.2 Å². The molecule has 216 valence electrons. The first-order valence-electron chi connectivity index (χ1n) is 14.0. The van der Waals surface area contributed by atoms with E-state index in [0.717, 1.165) is 49.8 Å². The zero-order chi connectivity index (χ0) is 28.3. The first-order valence-corrected chi connectivity index (χ1v) is 14.3. The summed E-state index contributed by atoms with van der Waals surface area (Å²) < 4.78 is 75.5. The lowest BCUT2D eigenvalue weighted by Gasteiger charge is -2.36. The van der Waals surface area contributed by atoms with Gasteiger partial charge in [0.1, 0.15) is 23.8 Å². The number of carbonyl (C=O) groups excluding carboxylic acids is 1. The molecule has 40 heavy (non-hydrogen) atoms. The normalized spacial score (nSPS) is 22.1. The van der Waals surface area contributed by atoms with Gasteiger partial charge in [0.25, 0.3) is 5.91 Å². The van der Waals surface area contributed by atoms with Crippen LogP contribution in [0.15, 0.2) is 30.3 Å². The number of nitrogens with zero attached hydrogens (tertiary/aromatic N) is 2. The van der Waals surface area contributed by atoms with Gasteiger partial charge in [-0.05, 0) is 85.6 Å². The summed E-state index contributed by atoms with van der Waals surface area (Å²) in [7, 11) is 0. The van der Waals surface area contributed by atoms with E-state index in [1.54, 1.807) is 11.0 Å². The van der Waals surface area contributed by atoms with Crippen LogP contribution in [0.5, 0.6) is 5.75 Å². The topological polar surface area (TPSA) is 32.8 Å². The van der Waals surface area contributed by atoms with Crippen molar-refractivity contribution in [3.05, 3.63) is 63.4 Å². The third-order valence-corrected chi connectivity index (χ3v) is 9.39. The molecule has 4 nitrogen and oxygen atoms in total. The van der Waals surface area contributed by atoms with Crippen LogP contribution in [0.3, 0.4) is 0 Å². The molecule has 4 aliphatic rings. The minimum absolute atomic E-state index is 0.0311. The van der Waals surface area contributed by atoms with Crippen molar-refractivity contribution in [2.24, 2.45) is 5.41 Å². The minimum Gasteiger partial charge on any atom is -0.490 e. The Morgan fingerprint density at radius 3 is 2.35 bits per heavy atom. The predicted molar refractivity (Wildman–Crippen MR) is 141 cm³/mol. The molecule has 1 amide bonds. The van der Waals surface area contributed by atoms with Crippen molar-refractivity contribution in [3.8, 4) is 5.75 Å². The van der Waals surface area contributed by atoms with Crippen LogP contribution in [0.1, 0.15) is 77.9 Å². The monoisotopic (exact) mass is 582 g/mol. The summed E-state index contributed by atoms with van der Waals surface area (Å²) in [6.45, 7) is 2.19. The van der Waals surface area contributed by atoms with Gasteiger partial charge in [0, 0.05) is 43.8 Å². The predicted octanol–water partition coefficient (Wildman–Crippen LogP) is 7.38. The number of alkyl halides is 4. The summed E-state index contributed by atoms with van der Waals surface area (Å²) in [5, 5.41) is 0.0311. The van der Waals surface area contributed by atoms with Crippen LogP contribution in [0.25, 0.3) is 0 Å². The molecule has 2 saturated carbocycles. The average molecular weight is 583 g/mol. The molecule has 2 saturated heterocycles. The van der Waals surface area contributed by atoms with Crippen molar-refractivity contribution in [1.82, 2.24) is 9.80 Å². The molecule has 1 spiro atoms. The molecule has 0 radical (unpaired) electrons. The van der Waals surface area contributed by atoms with Gasteiger partial charge in [-0.25, -0.2) is 8.78 Å². The second-order valence-electron chi connectivity index (χ2n) is 12.1. The molecule has 2 aliphatic carbocycles. The molecule has 4 fully saturated rings. The largest absolute Gasteiger partial charge is 0.490 e. The maximum Gasteiger partial charge on any atom is 0.416 e. The molecule has 10 heteroatoms. The third-order valence-electron chi connectivity index (χ3n) is 9.04. The molecule has 2 aromatic carbocycles. The van der Waals surface area contributed by atoms with Gasteiger partial charge in [-0.1, -0.05) is 17.7 Å². The molecular formula is C30H32ClF5N2O2. The highest BCUT2D eigenvalue weighted by Crippen LogP contribution is 2.53. The smallest absolute Gasteiger partial charge is 0.416 e. The Morgan fingerprint density at radius 1 is 1.02 bits per heavy atom. The molecule has 2 aromatic rings. The Labute approximate surface area is 235 Å². The lowest BCUT2D eigenvalue weighted by molar-refractivity contribution is -0.137. The van der Waals surface area contributed by atoms with Gasteiger partial charge in [0.05, 0.1) is 11.1 Å². The number of ether oxygens (including phenoxy) is 1. The van der Waals surface area contributed by atoms with E-state index in [0.29, 0.717) is 44.0 Å². The fourth-order valence-electron chi connectivity index (χ4n) is 5.99. The Balaban J connectivity index is 1.07. The van der Waals surface area contributed by atoms with Gasteiger partial charge in [-0.3, -0.25) is 9.69 Å². The SMILES string of the molecule is O=C(c1cc(C2CC2)c(OCC2(F)CCN(Cc3ccc(C(F)(F)F)cc3Cl)CC2)cc1F)N1CCC2(CC2)C1. The Kier molecular flexibility index (Phi) is 7.05. The summed E-state index contributed by atoms with van der Waals surface area (Å²) in [6.07, 6.45) is 0.946. The molecule has 2 aliphatic heterocycles. The van der Waals surface area contributed by atoms with E-state index in [2.05, 4.69) is 0 Å². The number of carbonyl (C=O) groups is 1. The lowest BCUT2D eigenvalue weighted by atomic mass is 9.93. The molecule has 0 atom stereocenters. The summed E-state index contributed by atoms with van der Waals surface area (Å²) in [5.74, 6) is -0.441. The van der Waals surface area contributed by atoms with Gasteiger partial charge in [0.15, 0.2) is 0 Å². The standard InChI is InChI=1S/C30H32ClF5N2O2/c31-24-13-21(30(34,35)36)4-3-20(24)16-37-10-8-29(33,9-11-37)18-40-26-15-25(32)23(14-22(26)19-1-2-19)27(39)38-12-7-28(17-38)5-6-28/h3-4,13-15,19H,1-2,5-12,16-18H2. The fraction of sp³-hybridized carbons (Fsp3) is 0.567. The molecule has 0 bridgehead atoms. The highest BCUT2D eigenvalue weighted by atomic mass is 35.5. The van der Waals surface area contributed by atoms with E-state index in [-0.39, 0.29) is 47.3 Å². The number of likely N-dealkylation sites (tertiary alicyclic amines) is 2. The lowest BCUT2D eigenvalue weighted by Crippen LogP contribution is -2.44. The first kappa shape index (κ1) is 27.8. The number of benzene rings is 2. The summed E-state index contributed by atoms with van der Waals surface area (Å²) >= 11 is 6.09. The number of hydrogen-bond donors (Lipinski definition) is 0. The Bertz CT molecular complexity index is 1300. The van der Waals surface area contributed by atoms with Crippen LogP contribution in [-0.2, 0) is 12.7 Å². The van der Waals surface area contributed by atoms with E-state index in [4.69, 9.17) is 16.3 Å². The number of rotatable bonds is 7. The number of piperidine rings is 1. The molecule has 0 N–H and O–H groups in total. The second-order valence-corrected chi connectivity index (χ2v) is 12.5. The zero-order valence-corrected chi connectivity index (χ0v) is 22.9. The van der Waals surface area contributed by atoms with E-state index in [1.165, 1.54) is 12.1 Å². The van der Waals surface area contributed by atoms with Gasteiger partial charge < -0.3 is 9.64 Å². The molecule has 6 rings (SSSR count). The van der Waals surface area contributed by atoms with Crippen molar-refractivity contribution in [1.29, 1.82) is 0 Å². The maximum absolute atomic E-state index is 15.7. The van der Waals surface area contributed by atoms with Crippen molar-refractivity contribution < 1.29 is 31.5 Å². The van der Waals surface area contributed by atoms with E-state index >= 15 is 8.78 Å². The average Bonchev–Trinajstić information content (AvgIpc) is 3.83. The van der Waals surface area contributed by atoms with Crippen LogP contribution >= 0.6 is 11.6 Å². The van der Waals surface area contributed by atoms with Crippen LogP contribution < -0.4 is 4.74 Å². The number of hydrogen-bond acceptors (Lipinski definition) is 3. The highest BCUT2D eigenvalue weighted by molar-refractivity contribution is 6.31. The van der Waals surface area contributed by atoms with Crippen molar-refractivity contribution in [2.75, 3.05) is 32.8 Å². The third kappa shape index (κ3) is 5.82. The van der Waals surface area contributed by atoms with Gasteiger partial charge in [-0.2, -0.15) is 13.2 Å². The van der Waals surface area contributed by atoms with Gasteiger partial charge in [0.2, 0.25) is 0 Å². The van der Waals surface area contributed by atoms with Crippen LogP contribution in [0.4, 0.5) is 22.0 Å². The van der Waals surface area contributed by atoms with Crippen molar-refractivity contribution >= 4 is 17.5 Å². The molecule has 2 heterocycles. The van der Waals surface area contributed by atoms with Crippen molar-refractivity contribution in [3.63, 3.8) is 0 Å². The molecule has 0 aromatic heterocycles. The second kappa shape index (κ2) is 10.2. The highest BCUT2D eigenvalue weighted by Gasteiger charge is 2.49. The number of amides is 1. The summed E-state index contributed by atoms with van der Waals surface area (Å²) in [5.41, 5.74) is -0.788. The minimum atomic E-state index is -4.47. The van der Waals surface area contributed by atoms with Gasteiger partial charge >= 0.3 is 6.18 Å². The van der Waals surface area contributed by atoms with Crippen LogP contribution in [0, 0.1) is 11.2 Å². The van der Waals surface area contributed by atoms with E-state index < -0.39 is 23.2 Å². The molecular weight excluding hydrogens is 551 g/mol. The van der Waals surface area contributed by atoms with Crippen molar-refractivity contribution in [2.45, 2.75) is 69.3 Å².